The van der Waals surface area contributed by atoms with Gasteiger partial charge in [-0.3, -0.25) is 8.80 Å². The minimum Gasteiger partial charge on any atom is -0.478 e. The van der Waals surface area contributed by atoms with E-state index in [1.54, 1.807) is 40.2 Å². The number of carboxylic acid groups (broad SMARTS) is 2. The highest BCUT2D eigenvalue weighted by molar-refractivity contribution is 7.14. The second kappa shape index (κ2) is 15.3. The van der Waals surface area contributed by atoms with Gasteiger partial charge < -0.3 is 36.6 Å². The van der Waals surface area contributed by atoms with Crippen molar-refractivity contribution in [1.29, 1.82) is 0 Å². The number of ether oxygens (including phenoxy) is 1. The van der Waals surface area contributed by atoms with Gasteiger partial charge in [-0.15, -0.1) is 22.7 Å². The van der Waals surface area contributed by atoms with Crippen molar-refractivity contribution in [3.63, 3.8) is 0 Å². The Kier molecular flexibility index (Phi) is 10.5. The third kappa shape index (κ3) is 8.11. The van der Waals surface area contributed by atoms with E-state index in [1.165, 1.54) is 22.7 Å². The number of rotatable bonds is 6. The number of carboxylic acids is 2. The van der Waals surface area contributed by atoms with Gasteiger partial charge in [0, 0.05) is 54.6 Å². The van der Waals surface area contributed by atoms with Crippen LogP contribution in [0.4, 0.5) is 16.4 Å². The molecule has 1 amide bonds. The van der Waals surface area contributed by atoms with Gasteiger partial charge in [-0.1, -0.05) is 0 Å². The first-order valence-electron chi connectivity index (χ1n) is 17.9. The van der Waals surface area contributed by atoms with Gasteiger partial charge in [-0.25, -0.2) is 34.3 Å². The summed E-state index contributed by atoms with van der Waals surface area (Å²) in [6.07, 6.45) is 10.9. The third-order valence-corrected chi connectivity index (χ3v) is 11.4. The monoisotopic (exact) mass is 786 g/mol. The number of fused-ring (bicyclic) bond motifs is 2. The number of likely N-dealkylation sites (tertiary alicyclic amines) is 1. The molecule has 0 spiro atoms. The molecule has 6 aromatic heterocycles. The summed E-state index contributed by atoms with van der Waals surface area (Å²) in [6, 6.07) is 3.27. The predicted octanol–water partition coefficient (Wildman–Crippen LogP) is 6.06. The summed E-state index contributed by atoms with van der Waals surface area (Å²) in [5.74, 6) is -0.821. The Hall–Kier alpha value is -5.59. The predicted molar refractivity (Wildman–Crippen MR) is 210 cm³/mol. The smallest absolute Gasteiger partial charge is 0.410 e. The molecule has 2 atom stereocenters. The van der Waals surface area contributed by atoms with Crippen molar-refractivity contribution in [2.24, 2.45) is 0 Å². The van der Waals surface area contributed by atoms with Crippen LogP contribution >= 0.6 is 22.7 Å². The molecule has 0 saturated carbocycles. The van der Waals surface area contributed by atoms with Crippen LogP contribution in [-0.2, 0) is 4.74 Å². The van der Waals surface area contributed by atoms with Crippen LogP contribution in [0.1, 0.15) is 90.4 Å². The number of aromatic carboxylic acids is 2. The van der Waals surface area contributed by atoms with Gasteiger partial charge in [-0.05, 0) is 65.1 Å². The van der Waals surface area contributed by atoms with E-state index in [1.807, 2.05) is 42.0 Å². The molecule has 2 fully saturated rings. The molecule has 2 saturated heterocycles. The van der Waals surface area contributed by atoms with Crippen molar-refractivity contribution in [3.05, 3.63) is 70.2 Å². The number of nitrogens with two attached hydrogens (primary N) is 2. The number of imidazole rings is 2. The molecule has 2 aliphatic rings. The Morgan fingerprint density at radius 2 is 1.36 bits per heavy atom. The van der Waals surface area contributed by atoms with E-state index in [-0.39, 0.29) is 23.1 Å². The Bertz CT molecular complexity index is 2390. The number of carbonyl (C=O) groups excluding carboxylic acids is 1. The van der Waals surface area contributed by atoms with Crippen molar-refractivity contribution < 1.29 is 29.3 Å². The highest BCUT2D eigenvalue weighted by atomic mass is 32.1. The molecule has 2 unspecified atom stereocenters. The van der Waals surface area contributed by atoms with E-state index >= 15 is 0 Å². The standard InChI is InChI=1S/C21H25N5O4S.C16H17N5O2S/c1-21(2,3)30-20(29)25-6-4-5-12(9-25)14-10-26-15(8-23-17(22)18(26)24-14)16-7-13(11-31-16)19(27)28;17-14-15-20-11(9-2-1-3-18-5-9)7-21(15)12(6-19-14)13-4-10(8-24-13)16(22)23/h7-8,10-12H,4-6,9H2,1-3H3,(H2,22,23)(H,27,28);4,6-9,18H,1-3,5H2,(H2,17,19)(H,22,23). The van der Waals surface area contributed by atoms with E-state index < -0.39 is 17.5 Å². The molecule has 6 aromatic rings. The summed E-state index contributed by atoms with van der Waals surface area (Å²) in [7, 11) is 0. The molecule has 8 heterocycles. The fourth-order valence-corrected chi connectivity index (χ4v) is 8.54. The maximum absolute atomic E-state index is 12.5. The lowest BCUT2D eigenvalue weighted by molar-refractivity contribution is 0.0197. The summed E-state index contributed by atoms with van der Waals surface area (Å²) in [4.78, 5) is 56.1. The van der Waals surface area contributed by atoms with Crippen LogP contribution in [0.15, 0.2) is 47.7 Å². The second-order valence-corrected chi connectivity index (χ2v) is 16.4. The summed E-state index contributed by atoms with van der Waals surface area (Å²) >= 11 is 2.70. The molecule has 8 rings (SSSR count). The van der Waals surface area contributed by atoms with Crippen LogP contribution in [0.25, 0.3) is 32.4 Å². The van der Waals surface area contributed by atoms with E-state index in [4.69, 9.17) is 26.3 Å². The average Bonchev–Trinajstić information content (AvgIpc) is 3.98. The number of hydrogen-bond donors (Lipinski definition) is 5. The maximum Gasteiger partial charge on any atom is 0.410 e. The minimum atomic E-state index is -0.974. The first kappa shape index (κ1) is 37.7. The quantitative estimate of drug-likeness (QED) is 0.130. The van der Waals surface area contributed by atoms with Crippen LogP contribution in [0.5, 0.6) is 0 Å². The molecule has 2 aliphatic heterocycles. The second-order valence-electron chi connectivity index (χ2n) is 14.6. The summed E-state index contributed by atoms with van der Waals surface area (Å²) < 4.78 is 9.29. The zero-order valence-corrected chi connectivity index (χ0v) is 32.2. The molecule has 0 aliphatic carbocycles. The summed E-state index contributed by atoms with van der Waals surface area (Å²) in [5, 5.41) is 25.0. The molecule has 18 heteroatoms. The fraction of sp³-hybridized carbons (Fsp3) is 0.378. The molecular formula is C37H42N10O6S2. The van der Waals surface area contributed by atoms with E-state index in [2.05, 4.69) is 20.3 Å². The number of aromatic nitrogens is 6. The first-order valence-corrected chi connectivity index (χ1v) is 19.6. The van der Waals surface area contributed by atoms with Gasteiger partial charge in [0.15, 0.2) is 22.9 Å². The molecule has 7 N–H and O–H groups in total. The van der Waals surface area contributed by atoms with Gasteiger partial charge >= 0.3 is 18.0 Å². The molecule has 0 bridgehead atoms. The number of nitrogens with zero attached hydrogens (tertiary/aromatic N) is 7. The van der Waals surface area contributed by atoms with Crippen LogP contribution in [0.2, 0.25) is 0 Å². The topological polar surface area (TPSA) is 229 Å². The van der Waals surface area contributed by atoms with Crippen LogP contribution in [0.3, 0.4) is 0 Å². The van der Waals surface area contributed by atoms with Crippen LogP contribution in [-0.4, -0.2) is 93.7 Å². The molecule has 0 radical (unpaired) electrons. The van der Waals surface area contributed by atoms with Crippen LogP contribution in [0, 0.1) is 0 Å². The maximum atomic E-state index is 12.5. The van der Waals surface area contributed by atoms with Crippen molar-refractivity contribution in [2.45, 2.75) is 63.9 Å². The fourth-order valence-electron chi connectivity index (χ4n) is 6.77. The molecule has 0 aromatic carbocycles. The summed E-state index contributed by atoms with van der Waals surface area (Å²) in [6.45, 7) is 8.69. The first-order chi connectivity index (χ1) is 26.3. The molecule has 288 valence electrons. The lowest BCUT2D eigenvalue weighted by atomic mass is 9.95. The van der Waals surface area contributed by atoms with E-state index in [0.29, 0.717) is 41.9 Å². The lowest BCUT2D eigenvalue weighted by Gasteiger charge is -2.33. The number of hydrogen-bond acceptors (Lipinski definition) is 13. The zero-order chi connectivity index (χ0) is 39.0. The Labute approximate surface area is 323 Å². The number of carbonyl (C=O) groups is 3. The summed E-state index contributed by atoms with van der Waals surface area (Å²) in [5.41, 5.74) is 16.5. The molecule has 55 heavy (non-hydrogen) atoms. The van der Waals surface area contributed by atoms with Gasteiger partial charge in [-0.2, -0.15) is 0 Å². The minimum absolute atomic E-state index is 0.0475. The van der Waals surface area contributed by atoms with E-state index in [9.17, 15) is 19.5 Å². The number of piperidine rings is 2. The number of anilines is 2. The molecular weight excluding hydrogens is 745 g/mol. The van der Waals surface area contributed by atoms with Crippen molar-refractivity contribution in [1.82, 2.24) is 39.0 Å². The highest BCUT2D eigenvalue weighted by Gasteiger charge is 2.30. The zero-order valence-electron chi connectivity index (χ0n) is 30.6. The SMILES string of the molecule is CC(C)(C)OC(=O)N1CCCC(c2cn3c(-c4cc(C(=O)O)cs4)cnc(N)c3n2)C1.Nc1ncc(-c2cc(C(=O)O)cs2)n2cc(C3CCCNC3)nc12. The highest BCUT2D eigenvalue weighted by Crippen LogP contribution is 2.34. The van der Waals surface area contributed by atoms with Gasteiger partial charge in [0.25, 0.3) is 0 Å². The van der Waals surface area contributed by atoms with Gasteiger partial charge in [0.05, 0.1) is 56.1 Å². The lowest BCUT2D eigenvalue weighted by Crippen LogP contribution is -2.42. The van der Waals surface area contributed by atoms with Crippen molar-refractivity contribution >= 4 is 63.6 Å². The third-order valence-electron chi connectivity index (χ3n) is 9.48. The largest absolute Gasteiger partial charge is 0.478 e. The number of nitrogens with one attached hydrogen (secondary N) is 1. The van der Waals surface area contributed by atoms with Crippen LogP contribution < -0.4 is 16.8 Å². The normalized spacial score (nSPS) is 17.5. The van der Waals surface area contributed by atoms with Crippen molar-refractivity contribution in [2.75, 3.05) is 37.6 Å². The number of amides is 1. The number of thiophene rings is 2. The Morgan fingerprint density at radius 1 is 0.836 bits per heavy atom. The van der Waals surface area contributed by atoms with E-state index in [0.717, 1.165) is 71.3 Å². The molecule has 16 nitrogen and oxygen atoms in total. The number of nitrogen functional groups attached to an aromatic ring is 2. The van der Waals surface area contributed by atoms with Gasteiger partial charge in [0.1, 0.15) is 5.60 Å². The van der Waals surface area contributed by atoms with Gasteiger partial charge in [0.2, 0.25) is 0 Å². The Morgan fingerprint density at radius 3 is 1.84 bits per heavy atom. The van der Waals surface area contributed by atoms with Crippen molar-refractivity contribution in [3.8, 4) is 21.1 Å². The Balaban J connectivity index is 0.000000174. The average molecular weight is 787 g/mol.